The van der Waals surface area contributed by atoms with Crippen LogP contribution in [0.15, 0.2) is 72.9 Å². The van der Waals surface area contributed by atoms with Gasteiger partial charge in [0.25, 0.3) is 5.91 Å². The summed E-state index contributed by atoms with van der Waals surface area (Å²) in [6.07, 6.45) is 1.56. The lowest BCUT2D eigenvalue weighted by atomic mass is 10.2. The summed E-state index contributed by atoms with van der Waals surface area (Å²) in [5, 5.41) is 5.70. The molecule has 2 aromatic carbocycles. The van der Waals surface area contributed by atoms with Crippen molar-refractivity contribution in [1.82, 2.24) is 10.3 Å². The molecule has 0 aliphatic heterocycles. The maximum absolute atomic E-state index is 13.3. The van der Waals surface area contributed by atoms with Gasteiger partial charge in [-0.2, -0.15) is 0 Å². The van der Waals surface area contributed by atoms with Crippen molar-refractivity contribution in [3.63, 3.8) is 0 Å². The molecule has 0 unspecified atom stereocenters. The molecule has 128 valence electrons. The van der Waals surface area contributed by atoms with Crippen molar-refractivity contribution in [3.8, 4) is 11.8 Å². The van der Waals surface area contributed by atoms with E-state index >= 15 is 0 Å². The Labute approximate surface area is 151 Å². The first-order valence-electron chi connectivity index (χ1n) is 8.02. The standard InChI is InChI=1S/C21H16FN3O/c22-17-10-4-11-18(15-17)25-20-19(12-6-13-23-20)21(26)24-14-5-9-16-7-2-1-3-8-16/h1-4,6-8,10-13,15H,14H2,(H,23,25)(H,24,26). The van der Waals surface area contributed by atoms with Gasteiger partial charge in [-0.15, -0.1) is 0 Å². The molecule has 1 heterocycles. The lowest BCUT2D eigenvalue weighted by Crippen LogP contribution is -2.24. The second-order valence-corrected chi connectivity index (χ2v) is 5.39. The largest absolute Gasteiger partial charge is 0.341 e. The van der Waals surface area contributed by atoms with E-state index in [1.807, 2.05) is 30.3 Å². The zero-order chi connectivity index (χ0) is 18.2. The van der Waals surface area contributed by atoms with E-state index in [4.69, 9.17) is 0 Å². The third-order valence-electron chi connectivity index (χ3n) is 3.48. The summed E-state index contributed by atoms with van der Waals surface area (Å²) in [5.41, 5.74) is 1.76. The van der Waals surface area contributed by atoms with Crippen LogP contribution in [0, 0.1) is 17.7 Å². The molecule has 1 aromatic heterocycles. The third kappa shape index (κ3) is 4.68. The number of carbonyl (C=O) groups is 1. The quantitative estimate of drug-likeness (QED) is 0.708. The normalized spacial score (nSPS) is 9.73. The van der Waals surface area contributed by atoms with Gasteiger partial charge in [0.15, 0.2) is 0 Å². The number of aromatic nitrogens is 1. The van der Waals surface area contributed by atoms with Crippen LogP contribution in [-0.4, -0.2) is 17.4 Å². The van der Waals surface area contributed by atoms with Crippen LogP contribution in [0.1, 0.15) is 15.9 Å². The maximum atomic E-state index is 13.3. The molecule has 26 heavy (non-hydrogen) atoms. The highest BCUT2D eigenvalue weighted by Crippen LogP contribution is 2.19. The van der Waals surface area contributed by atoms with E-state index in [1.54, 1.807) is 30.5 Å². The molecule has 0 aliphatic rings. The summed E-state index contributed by atoms with van der Waals surface area (Å²) >= 11 is 0. The summed E-state index contributed by atoms with van der Waals surface area (Å²) in [5.74, 6) is 5.56. The number of hydrogen-bond donors (Lipinski definition) is 2. The van der Waals surface area contributed by atoms with Gasteiger partial charge in [-0.05, 0) is 42.5 Å². The first kappa shape index (κ1) is 17.2. The maximum Gasteiger partial charge on any atom is 0.255 e. The first-order valence-corrected chi connectivity index (χ1v) is 8.02. The fourth-order valence-electron chi connectivity index (χ4n) is 2.28. The van der Waals surface area contributed by atoms with Crippen molar-refractivity contribution >= 4 is 17.4 Å². The van der Waals surface area contributed by atoms with Gasteiger partial charge < -0.3 is 10.6 Å². The minimum absolute atomic E-state index is 0.210. The average Bonchev–Trinajstić information content (AvgIpc) is 2.66. The van der Waals surface area contributed by atoms with Gasteiger partial charge >= 0.3 is 0 Å². The minimum Gasteiger partial charge on any atom is -0.341 e. The molecule has 0 aliphatic carbocycles. The topological polar surface area (TPSA) is 54.0 Å². The van der Waals surface area contributed by atoms with Crippen molar-refractivity contribution in [2.75, 3.05) is 11.9 Å². The zero-order valence-corrected chi connectivity index (χ0v) is 13.9. The van der Waals surface area contributed by atoms with Gasteiger partial charge in [-0.25, -0.2) is 9.37 Å². The highest BCUT2D eigenvalue weighted by atomic mass is 19.1. The molecule has 3 aromatic rings. The van der Waals surface area contributed by atoms with E-state index in [2.05, 4.69) is 27.5 Å². The van der Waals surface area contributed by atoms with Gasteiger partial charge in [-0.1, -0.05) is 36.1 Å². The minimum atomic E-state index is -0.367. The predicted octanol–water partition coefficient (Wildman–Crippen LogP) is 3.75. The zero-order valence-electron chi connectivity index (χ0n) is 13.9. The third-order valence-corrected chi connectivity index (χ3v) is 3.48. The molecule has 0 fully saturated rings. The summed E-state index contributed by atoms with van der Waals surface area (Å²) in [4.78, 5) is 16.6. The molecule has 2 N–H and O–H groups in total. The Morgan fingerprint density at radius 2 is 1.88 bits per heavy atom. The molecule has 1 amide bonds. The Morgan fingerprint density at radius 3 is 2.69 bits per heavy atom. The molecule has 4 nitrogen and oxygen atoms in total. The Morgan fingerprint density at radius 1 is 1.04 bits per heavy atom. The van der Waals surface area contributed by atoms with Crippen LogP contribution in [-0.2, 0) is 0 Å². The van der Waals surface area contributed by atoms with E-state index in [9.17, 15) is 9.18 Å². The number of anilines is 2. The van der Waals surface area contributed by atoms with E-state index in [-0.39, 0.29) is 18.3 Å². The highest BCUT2D eigenvalue weighted by molar-refractivity contribution is 5.99. The molecular formula is C21H16FN3O. The summed E-state index contributed by atoms with van der Waals surface area (Å²) < 4.78 is 13.3. The number of pyridine rings is 1. The van der Waals surface area contributed by atoms with Crippen LogP contribution >= 0.6 is 0 Å². The van der Waals surface area contributed by atoms with Gasteiger partial charge in [0.2, 0.25) is 0 Å². The number of rotatable bonds is 4. The summed E-state index contributed by atoms with van der Waals surface area (Å²) in [6.45, 7) is 0.210. The predicted molar refractivity (Wildman–Crippen MR) is 99.6 cm³/mol. The van der Waals surface area contributed by atoms with Crippen LogP contribution in [0.25, 0.3) is 0 Å². The first-order chi connectivity index (χ1) is 12.7. The second-order valence-electron chi connectivity index (χ2n) is 5.39. The molecule has 0 spiro atoms. The van der Waals surface area contributed by atoms with E-state index in [0.29, 0.717) is 17.1 Å². The van der Waals surface area contributed by atoms with Crippen molar-refractivity contribution < 1.29 is 9.18 Å². The molecule has 3 rings (SSSR count). The van der Waals surface area contributed by atoms with Gasteiger partial charge in [0, 0.05) is 17.4 Å². The molecule has 0 bridgehead atoms. The highest BCUT2D eigenvalue weighted by Gasteiger charge is 2.11. The Bertz CT molecular complexity index is 961. The molecular weight excluding hydrogens is 329 g/mol. The Balaban J connectivity index is 1.67. The number of benzene rings is 2. The molecule has 0 saturated carbocycles. The monoisotopic (exact) mass is 345 g/mol. The van der Waals surface area contributed by atoms with E-state index in [1.165, 1.54) is 12.1 Å². The average molecular weight is 345 g/mol. The SMILES string of the molecule is O=C(NCC#Cc1ccccc1)c1cccnc1Nc1cccc(F)c1. The van der Waals surface area contributed by atoms with Crippen molar-refractivity contribution in [2.45, 2.75) is 0 Å². The number of halogens is 1. The molecule has 5 heteroatoms. The fraction of sp³-hybridized carbons (Fsp3) is 0.0476. The van der Waals surface area contributed by atoms with Gasteiger partial charge in [0.1, 0.15) is 11.6 Å². The van der Waals surface area contributed by atoms with E-state index < -0.39 is 0 Å². The smallest absolute Gasteiger partial charge is 0.255 e. The number of nitrogens with one attached hydrogen (secondary N) is 2. The summed E-state index contributed by atoms with van der Waals surface area (Å²) in [7, 11) is 0. The number of nitrogens with zero attached hydrogens (tertiary/aromatic N) is 1. The number of carbonyl (C=O) groups excluding carboxylic acids is 1. The fourth-order valence-corrected chi connectivity index (χ4v) is 2.28. The van der Waals surface area contributed by atoms with Gasteiger partial charge in [-0.3, -0.25) is 4.79 Å². The number of hydrogen-bond acceptors (Lipinski definition) is 3. The van der Waals surface area contributed by atoms with Crippen molar-refractivity contribution in [2.24, 2.45) is 0 Å². The van der Waals surface area contributed by atoms with Crippen molar-refractivity contribution in [1.29, 1.82) is 0 Å². The molecule has 0 radical (unpaired) electrons. The second kappa shape index (κ2) is 8.45. The van der Waals surface area contributed by atoms with Gasteiger partial charge in [0.05, 0.1) is 12.1 Å². The van der Waals surface area contributed by atoms with Crippen LogP contribution in [0.3, 0.4) is 0 Å². The van der Waals surface area contributed by atoms with Crippen LogP contribution in [0.5, 0.6) is 0 Å². The molecule has 0 saturated heterocycles. The lowest BCUT2D eigenvalue weighted by molar-refractivity contribution is 0.0959. The number of amides is 1. The summed E-state index contributed by atoms with van der Waals surface area (Å²) in [6, 6.07) is 18.8. The van der Waals surface area contributed by atoms with Crippen LogP contribution in [0.2, 0.25) is 0 Å². The van der Waals surface area contributed by atoms with Crippen LogP contribution in [0.4, 0.5) is 15.9 Å². The molecule has 0 atom stereocenters. The van der Waals surface area contributed by atoms with Crippen LogP contribution < -0.4 is 10.6 Å². The van der Waals surface area contributed by atoms with Crippen molar-refractivity contribution in [3.05, 3.63) is 89.9 Å². The van der Waals surface area contributed by atoms with E-state index in [0.717, 1.165) is 5.56 Å². The Kier molecular flexibility index (Phi) is 5.58. The lowest BCUT2D eigenvalue weighted by Gasteiger charge is -2.10. The Hall–Kier alpha value is -3.65.